The van der Waals surface area contributed by atoms with Crippen molar-refractivity contribution in [1.29, 1.82) is 0 Å². The standard InChI is InChI=1S/C14H16ClNO3/c1-14(2,3)19-13(18)16-7-9(8-17)11-5-4-10(15)6-12(11)16/h4-7,17H,8H2,1-3H3. The average Bonchev–Trinajstić information content (AvgIpc) is 2.64. The van der Waals surface area contributed by atoms with Crippen LogP contribution in [0.5, 0.6) is 0 Å². The summed E-state index contributed by atoms with van der Waals surface area (Å²) in [5, 5.41) is 10.7. The second kappa shape index (κ2) is 4.87. The molecular weight excluding hydrogens is 266 g/mol. The summed E-state index contributed by atoms with van der Waals surface area (Å²) in [5.74, 6) is 0. The number of hydrogen-bond acceptors (Lipinski definition) is 3. The van der Waals surface area contributed by atoms with Gasteiger partial charge in [-0.3, -0.25) is 4.57 Å². The van der Waals surface area contributed by atoms with Crippen LogP contribution in [-0.2, 0) is 11.3 Å². The maximum atomic E-state index is 12.1. The number of carbonyl (C=O) groups excluding carboxylic acids is 1. The third-order valence-corrected chi connectivity index (χ3v) is 2.85. The quantitative estimate of drug-likeness (QED) is 0.869. The van der Waals surface area contributed by atoms with Gasteiger partial charge in [0, 0.05) is 22.2 Å². The molecule has 0 unspecified atom stereocenters. The molecule has 2 rings (SSSR count). The van der Waals surface area contributed by atoms with Crippen molar-refractivity contribution in [2.24, 2.45) is 0 Å². The Labute approximate surface area is 116 Å². The number of aliphatic hydroxyl groups is 1. The third-order valence-electron chi connectivity index (χ3n) is 2.61. The highest BCUT2D eigenvalue weighted by Crippen LogP contribution is 2.25. The molecule has 0 amide bonds. The lowest BCUT2D eigenvalue weighted by molar-refractivity contribution is 0.0544. The summed E-state index contributed by atoms with van der Waals surface area (Å²) in [6.45, 7) is 5.26. The lowest BCUT2D eigenvalue weighted by Gasteiger charge is -2.19. The SMILES string of the molecule is CC(C)(C)OC(=O)n1cc(CO)c2ccc(Cl)cc21. The van der Waals surface area contributed by atoms with Gasteiger partial charge in [-0.25, -0.2) is 4.79 Å². The Morgan fingerprint density at radius 2 is 2.11 bits per heavy atom. The Morgan fingerprint density at radius 1 is 1.42 bits per heavy atom. The largest absolute Gasteiger partial charge is 0.443 e. The predicted molar refractivity (Wildman–Crippen MR) is 74.5 cm³/mol. The van der Waals surface area contributed by atoms with Crippen LogP contribution in [0.3, 0.4) is 0 Å². The molecule has 0 aliphatic carbocycles. The van der Waals surface area contributed by atoms with E-state index in [-0.39, 0.29) is 6.61 Å². The van der Waals surface area contributed by atoms with Crippen LogP contribution in [0.25, 0.3) is 10.9 Å². The fraction of sp³-hybridized carbons (Fsp3) is 0.357. The minimum atomic E-state index is -0.578. The van der Waals surface area contributed by atoms with E-state index in [1.54, 1.807) is 45.2 Å². The molecule has 0 radical (unpaired) electrons. The number of aromatic nitrogens is 1. The monoisotopic (exact) mass is 281 g/mol. The van der Waals surface area contributed by atoms with Crippen LogP contribution in [0.4, 0.5) is 4.79 Å². The number of rotatable bonds is 1. The highest BCUT2D eigenvalue weighted by Gasteiger charge is 2.20. The van der Waals surface area contributed by atoms with E-state index in [4.69, 9.17) is 16.3 Å². The number of ether oxygens (including phenoxy) is 1. The molecule has 2 aromatic rings. The minimum Gasteiger partial charge on any atom is -0.443 e. The topological polar surface area (TPSA) is 51.5 Å². The second-order valence-corrected chi connectivity index (χ2v) is 5.76. The van der Waals surface area contributed by atoms with Crippen LogP contribution in [0.2, 0.25) is 5.02 Å². The fourth-order valence-electron chi connectivity index (χ4n) is 1.86. The first-order valence-electron chi connectivity index (χ1n) is 5.95. The molecule has 4 nitrogen and oxygen atoms in total. The molecule has 0 fully saturated rings. The first kappa shape index (κ1) is 13.9. The maximum absolute atomic E-state index is 12.1. The van der Waals surface area contributed by atoms with Crippen LogP contribution < -0.4 is 0 Å². The zero-order chi connectivity index (χ0) is 14.2. The molecule has 5 heteroatoms. The first-order chi connectivity index (χ1) is 8.81. The first-order valence-corrected chi connectivity index (χ1v) is 6.33. The summed E-state index contributed by atoms with van der Waals surface area (Å²) in [4.78, 5) is 12.1. The van der Waals surface area contributed by atoms with Gasteiger partial charge in [0.05, 0.1) is 12.1 Å². The van der Waals surface area contributed by atoms with E-state index in [1.807, 2.05) is 0 Å². The van der Waals surface area contributed by atoms with E-state index in [9.17, 15) is 9.90 Å². The Kier molecular flexibility index (Phi) is 3.56. The van der Waals surface area contributed by atoms with Crippen molar-refractivity contribution in [1.82, 2.24) is 4.57 Å². The van der Waals surface area contributed by atoms with Gasteiger partial charge in [-0.05, 0) is 32.9 Å². The van der Waals surface area contributed by atoms with Crippen molar-refractivity contribution in [2.45, 2.75) is 33.0 Å². The van der Waals surface area contributed by atoms with Crippen LogP contribution in [0.15, 0.2) is 24.4 Å². The molecule has 0 saturated heterocycles. The molecule has 19 heavy (non-hydrogen) atoms. The van der Waals surface area contributed by atoms with Gasteiger partial charge in [0.25, 0.3) is 0 Å². The molecule has 1 N–H and O–H groups in total. The van der Waals surface area contributed by atoms with Crippen molar-refractivity contribution < 1.29 is 14.6 Å². The lowest BCUT2D eigenvalue weighted by Crippen LogP contribution is -2.26. The summed E-state index contributed by atoms with van der Waals surface area (Å²) in [5.41, 5.74) is 0.717. The summed E-state index contributed by atoms with van der Waals surface area (Å²) < 4.78 is 6.70. The fourth-order valence-corrected chi connectivity index (χ4v) is 2.03. The highest BCUT2D eigenvalue weighted by molar-refractivity contribution is 6.31. The van der Waals surface area contributed by atoms with Crippen LogP contribution in [-0.4, -0.2) is 21.4 Å². The number of aliphatic hydroxyl groups excluding tert-OH is 1. The van der Waals surface area contributed by atoms with Gasteiger partial charge in [-0.1, -0.05) is 17.7 Å². The summed E-state index contributed by atoms with van der Waals surface area (Å²) in [7, 11) is 0. The van der Waals surface area contributed by atoms with Crippen molar-refractivity contribution >= 4 is 28.6 Å². The normalized spacial score (nSPS) is 11.8. The molecule has 1 aromatic heterocycles. The van der Waals surface area contributed by atoms with Crippen LogP contribution in [0.1, 0.15) is 26.3 Å². The predicted octanol–water partition coefficient (Wildman–Crippen LogP) is 3.57. The Hall–Kier alpha value is -1.52. The average molecular weight is 282 g/mol. The van der Waals surface area contributed by atoms with Crippen molar-refractivity contribution in [3.8, 4) is 0 Å². The van der Waals surface area contributed by atoms with Crippen LogP contribution in [0, 0.1) is 0 Å². The van der Waals surface area contributed by atoms with Crippen LogP contribution >= 0.6 is 11.6 Å². The van der Waals surface area contributed by atoms with Crippen molar-refractivity contribution in [3.05, 3.63) is 35.0 Å². The van der Waals surface area contributed by atoms with Gasteiger partial charge in [-0.2, -0.15) is 0 Å². The Bertz CT molecular complexity index is 625. The van der Waals surface area contributed by atoms with E-state index in [2.05, 4.69) is 0 Å². The van der Waals surface area contributed by atoms with E-state index in [0.29, 0.717) is 16.1 Å². The van der Waals surface area contributed by atoms with Gasteiger partial charge < -0.3 is 9.84 Å². The van der Waals surface area contributed by atoms with Crippen molar-refractivity contribution in [3.63, 3.8) is 0 Å². The van der Waals surface area contributed by atoms with E-state index in [0.717, 1.165) is 5.39 Å². The van der Waals surface area contributed by atoms with Gasteiger partial charge in [0.1, 0.15) is 5.60 Å². The number of benzene rings is 1. The maximum Gasteiger partial charge on any atom is 0.419 e. The van der Waals surface area contributed by atoms with E-state index < -0.39 is 11.7 Å². The van der Waals surface area contributed by atoms with Gasteiger partial charge in [0.15, 0.2) is 0 Å². The van der Waals surface area contributed by atoms with Crippen molar-refractivity contribution in [2.75, 3.05) is 0 Å². The molecule has 0 aliphatic rings. The number of carbonyl (C=O) groups is 1. The molecule has 0 bridgehead atoms. The molecule has 0 spiro atoms. The van der Waals surface area contributed by atoms with E-state index >= 15 is 0 Å². The van der Waals surface area contributed by atoms with Gasteiger partial charge >= 0.3 is 6.09 Å². The molecule has 0 saturated carbocycles. The smallest absolute Gasteiger partial charge is 0.419 e. The summed E-state index contributed by atoms with van der Waals surface area (Å²) >= 11 is 5.95. The van der Waals surface area contributed by atoms with Gasteiger partial charge in [-0.15, -0.1) is 0 Å². The number of halogens is 1. The molecule has 0 atom stereocenters. The van der Waals surface area contributed by atoms with E-state index in [1.165, 1.54) is 4.57 Å². The zero-order valence-electron chi connectivity index (χ0n) is 11.1. The second-order valence-electron chi connectivity index (χ2n) is 5.32. The molecule has 1 heterocycles. The number of fused-ring (bicyclic) bond motifs is 1. The summed E-state index contributed by atoms with van der Waals surface area (Å²) in [6.07, 6.45) is 1.09. The minimum absolute atomic E-state index is 0.145. The Balaban J connectivity index is 2.54. The molecule has 1 aromatic carbocycles. The molecule has 0 aliphatic heterocycles. The summed E-state index contributed by atoms with van der Waals surface area (Å²) in [6, 6.07) is 5.19. The number of nitrogens with zero attached hydrogens (tertiary/aromatic N) is 1. The molecular formula is C14H16ClNO3. The van der Waals surface area contributed by atoms with Gasteiger partial charge in [0.2, 0.25) is 0 Å². The zero-order valence-corrected chi connectivity index (χ0v) is 11.9. The number of hydrogen-bond donors (Lipinski definition) is 1. The Morgan fingerprint density at radius 3 is 2.68 bits per heavy atom. The lowest BCUT2D eigenvalue weighted by atomic mass is 10.2. The molecule has 102 valence electrons. The third kappa shape index (κ3) is 2.91. The highest BCUT2D eigenvalue weighted by atomic mass is 35.5.